The Kier molecular flexibility index (Phi) is 3.19. The van der Waals surface area contributed by atoms with Crippen molar-refractivity contribution in [2.24, 2.45) is 11.7 Å². The first kappa shape index (κ1) is 10.6. The Labute approximate surface area is 81.4 Å². The Balaban J connectivity index is 2.82. The summed E-state index contributed by atoms with van der Waals surface area (Å²) < 4.78 is 0. The molecule has 1 saturated heterocycles. The van der Waals surface area contributed by atoms with Crippen LogP contribution in [0.15, 0.2) is 0 Å². The molecule has 0 aromatic carbocycles. The van der Waals surface area contributed by atoms with Gasteiger partial charge in [-0.05, 0) is 19.9 Å². The van der Waals surface area contributed by atoms with Crippen molar-refractivity contribution in [1.29, 1.82) is 0 Å². The highest BCUT2D eigenvalue weighted by molar-refractivity contribution is 6.16. The number of imide groups is 2. The number of hydrogen-bond acceptors (Lipinski definition) is 4. The molecule has 0 aromatic rings. The van der Waals surface area contributed by atoms with Gasteiger partial charge >= 0.3 is 6.03 Å². The molecular weight excluding hydrogens is 186 g/mol. The van der Waals surface area contributed by atoms with Gasteiger partial charge in [-0.1, -0.05) is 0 Å². The number of carbonyl (C=O) groups is 3. The van der Waals surface area contributed by atoms with Gasteiger partial charge in [0.2, 0.25) is 11.8 Å². The van der Waals surface area contributed by atoms with Crippen molar-refractivity contribution in [3.63, 3.8) is 0 Å². The number of urea groups is 1. The highest BCUT2D eigenvalue weighted by Gasteiger charge is 2.38. The van der Waals surface area contributed by atoms with Crippen LogP contribution in [0.4, 0.5) is 4.79 Å². The van der Waals surface area contributed by atoms with Gasteiger partial charge in [-0.15, -0.1) is 0 Å². The standard InChI is InChI=1S/C8H13N3O3/c1-2-11-7(13)5(3-4-9)6(12)10-8(11)14/h5H,2-4,9H2,1H3,(H,10,12,14). The minimum atomic E-state index is -0.808. The molecule has 6 heteroatoms. The van der Waals surface area contributed by atoms with E-state index in [1.165, 1.54) is 0 Å². The van der Waals surface area contributed by atoms with Gasteiger partial charge < -0.3 is 5.73 Å². The smallest absolute Gasteiger partial charge is 0.330 e. The van der Waals surface area contributed by atoms with Gasteiger partial charge in [0.25, 0.3) is 0 Å². The third-order valence-electron chi connectivity index (χ3n) is 2.13. The quantitative estimate of drug-likeness (QED) is 0.573. The lowest BCUT2D eigenvalue weighted by Gasteiger charge is -2.28. The molecule has 1 unspecified atom stereocenters. The summed E-state index contributed by atoms with van der Waals surface area (Å²) in [6, 6.07) is -0.643. The monoisotopic (exact) mass is 199 g/mol. The summed E-state index contributed by atoms with van der Waals surface area (Å²) in [5.41, 5.74) is 5.27. The summed E-state index contributed by atoms with van der Waals surface area (Å²) in [6.45, 7) is 2.18. The zero-order valence-electron chi connectivity index (χ0n) is 7.95. The third-order valence-corrected chi connectivity index (χ3v) is 2.13. The minimum Gasteiger partial charge on any atom is -0.330 e. The molecule has 0 bridgehead atoms. The summed E-state index contributed by atoms with van der Waals surface area (Å²) in [4.78, 5) is 34.9. The van der Waals surface area contributed by atoms with Gasteiger partial charge in [0, 0.05) is 6.54 Å². The lowest BCUT2D eigenvalue weighted by molar-refractivity contribution is -0.142. The lowest BCUT2D eigenvalue weighted by Crippen LogP contribution is -2.58. The van der Waals surface area contributed by atoms with Crippen LogP contribution in [-0.4, -0.2) is 35.8 Å². The van der Waals surface area contributed by atoms with E-state index in [1.54, 1.807) is 6.92 Å². The first-order chi connectivity index (χ1) is 6.61. The topological polar surface area (TPSA) is 92.5 Å². The molecule has 1 aliphatic rings. The van der Waals surface area contributed by atoms with Crippen LogP contribution in [0.3, 0.4) is 0 Å². The Morgan fingerprint density at radius 2 is 2.07 bits per heavy atom. The van der Waals surface area contributed by atoms with Crippen LogP contribution in [0.1, 0.15) is 13.3 Å². The minimum absolute atomic E-state index is 0.246. The van der Waals surface area contributed by atoms with Crippen molar-refractivity contribution in [2.75, 3.05) is 13.1 Å². The molecular formula is C8H13N3O3. The van der Waals surface area contributed by atoms with E-state index in [0.29, 0.717) is 0 Å². The normalized spacial score (nSPS) is 22.6. The van der Waals surface area contributed by atoms with E-state index in [4.69, 9.17) is 5.73 Å². The van der Waals surface area contributed by atoms with Crippen LogP contribution in [0.25, 0.3) is 0 Å². The van der Waals surface area contributed by atoms with Crippen LogP contribution in [0.5, 0.6) is 0 Å². The van der Waals surface area contributed by atoms with E-state index in [9.17, 15) is 14.4 Å². The fraction of sp³-hybridized carbons (Fsp3) is 0.625. The summed E-state index contributed by atoms with van der Waals surface area (Å²) in [6.07, 6.45) is 0.272. The molecule has 3 N–H and O–H groups in total. The first-order valence-corrected chi connectivity index (χ1v) is 4.48. The van der Waals surface area contributed by atoms with Crippen molar-refractivity contribution >= 4 is 17.8 Å². The molecule has 1 atom stereocenters. The van der Waals surface area contributed by atoms with E-state index >= 15 is 0 Å². The molecule has 14 heavy (non-hydrogen) atoms. The van der Waals surface area contributed by atoms with Crippen LogP contribution >= 0.6 is 0 Å². The maximum absolute atomic E-state index is 11.6. The summed E-state index contributed by atoms with van der Waals surface area (Å²) in [5, 5.41) is 2.12. The fourth-order valence-electron chi connectivity index (χ4n) is 1.38. The number of nitrogens with one attached hydrogen (secondary N) is 1. The number of carbonyl (C=O) groups excluding carboxylic acids is 3. The third kappa shape index (κ3) is 1.74. The number of hydrogen-bond donors (Lipinski definition) is 2. The highest BCUT2D eigenvalue weighted by atomic mass is 16.2. The van der Waals surface area contributed by atoms with Gasteiger partial charge in [0.15, 0.2) is 0 Å². The first-order valence-electron chi connectivity index (χ1n) is 4.48. The zero-order valence-corrected chi connectivity index (χ0v) is 7.95. The van der Waals surface area contributed by atoms with Crippen molar-refractivity contribution < 1.29 is 14.4 Å². The highest BCUT2D eigenvalue weighted by Crippen LogP contribution is 2.12. The molecule has 1 rings (SSSR count). The van der Waals surface area contributed by atoms with Gasteiger partial charge in [-0.3, -0.25) is 19.8 Å². The Morgan fingerprint density at radius 1 is 1.43 bits per heavy atom. The van der Waals surface area contributed by atoms with Gasteiger partial charge in [-0.25, -0.2) is 4.79 Å². The molecule has 0 aromatic heterocycles. The molecule has 1 fully saturated rings. The molecule has 6 nitrogen and oxygen atoms in total. The second-order valence-electron chi connectivity index (χ2n) is 3.01. The number of rotatable bonds is 3. The summed E-state index contributed by atoms with van der Waals surface area (Å²) in [5.74, 6) is -1.81. The Bertz CT molecular complexity index is 277. The van der Waals surface area contributed by atoms with Crippen molar-refractivity contribution in [3.8, 4) is 0 Å². The van der Waals surface area contributed by atoms with Gasteiger partial charge in [-0.2, -0.15) is 0 Å². The SMILES string of the molecule is CCN1C(=O)NC(=O)C(CCN)C1=O. The second-order valence-corrected chi connectivity index (χ2v) is 3.01. The largest absolute Gasteiger partial charge is 0.330 e. The molecule has 0 spiro atoms. The van der Waals surface area contributed by atoms with Crippen molar-refractivity contribution in [1.82, 2.24) is 10.2 Å². The zero-order chi connectivity index (χ0) is 10.7. The predicted molar refractivity (Wildman–Crippen MR) is 48.1 cm³/mol. The van der Waals surface area contributed by atoms with Crippen molar-refractivity contribution in [2.45, 2.75) is 13.3 Å². The molecule has 4 amide bonds. The molecule has 0 radical (unpaired) electrons. The van der Waals surface area contributed by atoms with Crippen LogP contribution in [0.2, 0.25) is 0 Å². The number of barbiturate groups is 1. The molecule has 1 heterocycles. The predicted octanol–water partition coefficient (Wildman–Crippen LogP) is -0.950. The maximum Gasteiger partial charge on any atom is 0.330 e. The van der Waals surface area contributed by atoms with Crippen LogP contribution < -0.4 is 11.1 Å². The summed E-state index contributed by atoms with van der Waals surface area (Å²) >= 11 is 0. The molecule has 1 aliphatic heterocycles. The molecule has 0 saturated carbocycles. The van der Waals surface area contributed by atoms with Gasteiger partial charge in [0.1, 0.15) is 5.92 Å². The fourth-order valence-corrected chi connectivity index (χ4v) is 1.38. The summed E-state index contributed by atoms with van der Waals surface area (Å²) in [7, 11) is 0. The number of amides is 4. The van der Waals surface area contributed by atoms with E-state index < -0.39 is 23.8 Å². The Hall–Kier alpha value is -1.43. The average Bonchev–Trinajstić information content (AvgIpc) is 2.12. The number of nitrogens with two attached hydrogens (primary N) is 1. The van der Waals surface area contributed by atoms with Crippen molar-refractivity contribution in [3.05, 3.63) is 0 Å². The molecule has 78 valence electrons. The molecule has 0 aliphatic carbocycles. The Morgan fingerprint density at radius 3 is 2.57 bits per heavy atom. The van der Waals surface area contributed by atoms with E-state index in [-0.39, 0.29) is 19.5 Å². The van der Waals surface area contributed by atoms with Crippen LogP contribution in [0, 0.1) is 5.92 Å². The van der Waals surface area contributed by atoms with E-state index in [1.807, 2.05) is 0 Å². The van der Waals surface area contributed by atoms with E-state index in [2.05, 4.69) is 5.32 Å². The number of nitrogens with zero attached hydrogens (tertiary/aromatic N) is 1. The lowest BCUT2D eigenvalue weighted by atomic mass is 10.0. The second kappa shape index (κ2) is 4.19. The van der Waals surface area contributed by atoms with Crippen LogP contribution in [-0.2, 0) is 9.59 Å². The maximum atomic E-state index is 11.6. The van der Waals surface area contributed by atoms with E-state index in [0.717, 1.165) is 4.90 Å². The van der Waals surface area contributed by atoms with Gasteiger partial charge in [0.05, 0.1) is 0 Å². The average molecular weight is 199 g/mol.